The van der Waals surface area contributed by atoms with Crippen LogP contribution in [-0.2, 0) is 20.7 Å². The van der Waals surface area contributed by atoms with Gasteiger partial charge in [0, 0.05) is 17.8 Å². The minimum atomic E-state index is -1.07. The van der Waals surface area contributed by atoms with Crippen molar-refractivity contribution in [2.75, 3.05) is 11.1 Å². The zero-order valence-electron chi connectivity index (χ0n) is 16.3. The number of carbonyl (C=O) groups excluding carboxylic acids is 2. The van der Waals surface area contributed by atoms with Crippen LogP contribution in [0.15, 0.2) is 24.3 Å². The van der Waals surface area contributed by atoms with E-state index in [9.17, 15) is 14.0 Å². The second-order valence-electron chi connectivity index (χ2n) is 6.54. The molecule has 0 saturated carbocycles. The smallest absolute Gasteiger partial charge is 0.306 e. The van der Waals surface area contributed by atoms with Crippen molar-refractivity contribution in [2.24, 2.45) is 0 Å². The topological polar surface area (TPSA) is 124 Å². The van der Waals surface area contributed by atoms with Gasteiger partial charge in [-0.2, -0.15) is 9.50 Å². The average molecular weight is 400 g/mol. The number of nitrogen functional groups attached to an aromatic ring is 1. The van der Waals surface area contributed by atoms with Crippen LogP contribution in [0.3, 0.4) is 0 Å². The molecule has 152 valence electrons. The Kier molecular flexibility index (Phi) is 5.71. The summed E-state index contributed by atoms with van der Waals surface area (Å²) in [4.78, 5) is 32.7. The lowest BCUT2D eigenvalue weighted by atomic mass is 10.1. The van der Waals surface area contributed by atoms with E-state index in [1.54, 1.807) is 6.07 Å². The number of rotatable bonds is 6. The molecular weight excluding hydrogens is 379 g/mol. The maximum atomic E-state index is 13.6. The standard InChI is InChI=1S/C19H21FN6O3/c1-10-13(11(2)26-19(22-10)24-18(21)25-26)8-9-16(27)29-12(3)17(28)23-15-7-5-4-6-14(15)20/h4-7,12H,8-9H2,1-3H3,(H2,21,25)(H,23,28). The van der Waals surface area contributed by atoms with Gasteiger partial charge in [0.15, 0.2) is 6.10 Å². The third-order valence-corrected chi connectivity index (χ3v) is 4.45. The first kappa shape index (κ1) is 20.2. The number of nitrogens with two attached hydrogens (primary N) is 1. The molecule has 3 rings (SSSR count). The third-order valence-electron chi connectivity index (χ3n) is 4.45. The summed E-state index contributed by atoms with van der Waals surface area (Å²) < 4.78 is 20.3. The van der Waals surface area contributed by atoms with Gasteiger partial charge in [0.2, 0.25) is 5.95 Å². The largest absolute Gasteiger partial charge is 0.453 e. The fraction of sp³-hybridized carbons (Fsp3) is 0.316. The molecule has 1 unspecified atom stereocenters. The summed E-state index contributed by atoms with van der Waals surface area (Å²) in [6.45, 7) is 5.07. The molecule has 3 N–H and O–H groups in total. The summed E-state index contributed by atoms with van der Waals surface area (Å²) in [5, 5.41) is 6.48. The highest BCUT2D eigenvalue weighted by Gasteiger charge is 2.20. The number of aromatic nitrogens is 4. The number of ether oxygens (including phenoxy) is 1. The third kappa shape index (κ3) is 4.48. The van der Waals surface area contributed by atoms with Gasteiger partial charge >= 0.3 is 5.97 Å². The Labute approximate surface area is 166 Å². The van der Waals surface area contributed by atoms with Crippen molar-refractivity contribution in [3.05, 3.63) is 47.0 Å². The summed E-state index contributed by atoms with van der Waals surface area (Å²) >= 11 is 0. The van der Waals surface area contributed by atoms with Crippen LogP contribution >= 0.6 is 0 Å². The fourth-order valence-electron chi connectivity index (χ4n) is 2.92. The van der Waals surface area contributed by atoms with E-state index in [0.717, 1.165) is 11.3 Å². The van der Waals surface area contributed by atoms with Crippen LogP contribution in [0.1, 0.15) is 30.3 Å². The number of hydrogen-bond donors (Lipinski definition) is 2. The highest BCUT2D eigenvalue weighted by molar-refractivity contribution is 5.95. The van der Waals surface area contributed by atoms with Gasteiger partial charge in [0.25, 0.3) is 11.7 Å². The molecule has 10 heteroatoms. The number of halogens is 1. The van der Waals surface area contributed by atoms with Gasteiger partial charge in [-0.3, -0.25) is 9.59 Å². The molecule has 2 aromatic heterocycles. The number of esters is 1. The molecule has 0 aliphatic rings. The van der Waals surface area contributed by atoms with E-state index in [1.165, 1.54) is 29.6 Å². The van der Waals surface area contributed by atoms with Crippen molar-refractivity contribution in [2.45, 2.75) is 39.7 Å². The van der Waals surface area contributed by atoms with E-state index >= 15 is 0 Å². The summed E-state index contributed by atoms with van der Waals surface area (Å²) in [7, 11) is 0. The number of amides is 1. The molecule has 1 aromatic carbocycles. The Morgan fingerprint density at radius 1 is 1.28 bits per heavy atom. The zero-order chi connectivity index (χ0) is 21.1. The van der Waals surface area contributed by atoms with Gasteiger partial charge in [-0.05, 0) is 44.9 Å². The van der Waals surface area contributed by atoms with E-state index in [1.807, 2.05) is 13.8 Å². The number of nitrogens with zero attached hydrogens (tertiary/aromatic N) is 4. The van der Waals surface area contributed by atoms with Gasteiger partial charge in [0.05, 0.1) is 5.69 Å². The Bertz CT molecular complexity index is 1080. The van der Waals surface area contributed by atoms with Crippen LogP contribution in [-0.4, -0.2) is 37.6 Å². The molecule has 0 spiro atoms. The molecule has 1 amide bonds. The number of hydrogen-bond acceptors (Lipinski definition) is 7. The molecule has 0 fully saturated rings. The summed E-state index contributed by atoms with van der Waals surface area (Å²) in [5.41, 5.74) is 7.94. The highest BCUT2D eigenvalue weighted by atomic mass is 19.1. The molecule has 9 nitrogen and oxygen atoms in total. The minimum absolute atomic E-state index is 0.0260. The number of aryl methyl sites for hydroxylation is 2. The zero-order valence-corrected chi connectivity index (χ0v) is 16.3. The lowest BCUT2D eigenvalue weighted by Crippen LogP contribution is -2.30. The molecule has 0 saturated heterocycles. The Morgan fingerprint density at radius 3 is 2.72 bits per heavy atom. The van der Waals surface area contributed by atoms with E-state index < -0.39 is 23.8 Å². The van der Waals surface area contributed by atoms with Crippen molar-refractivity contribution in [1.29, 1.82) is 0 Å². The predicted octanol–water partition coefficient (Wildman–Crippen LogP) is 1.97. The van der Waals surface area contributed by atoms with Crippen molar-refractivity contribution in [1.82, 2.24) is 19.6 Å². The van der Waals surface area contributed by atoms with Gasteiger partial charge in [-0.15, -0.1) is 5.10 Å². The second kappa shape index (κ2) is 8.21. The van der Waals surface area contributed by atoms with Crippen LogP contribution in [0.2, 0.25) is 0 Å². The van der Waals surface area contributed by atoms with Crippen molar-refractivity contribution in [3.63, 3.8) is 0 Å². The number of carbonyl (C=O) groups is 2. The number of para-hydroxylation sites is 1. The first-order chi connectivity index (χ1) is 13.8. The molecule has 0 bridgehead atoms. The lowest BCUT2D eigenvalue weighted by molar-refractivity contribution is -0.153. The monoisotopic (exact) mass is 400 g/mol. The second-order valence-corrected chi connectivity index (χ2v) is 6.54. The molecular formula is C19H21FN6O3. The lowest BCUT2D eigenvalue weighted by Gasteiger charge is -2.14. The summed E-state index contributed by atoms with van der Waals surface area (Å²) in [6.07, 6.45) is -0.683. The molecule has 1 atom stereocenters. The summed E-state index contributed by atoms with van der Waals surface area (Å²) in [5.74, 6) is -1.23. The van der Waals surface area contributed by atoms with Crippen LogP contribution in [0.4, 0.5) is 16.0 Å². The van der Waals surface area contributed by atoms with Crippen molar-refractivity contribution >= 4 is 29.3 Å². The number of nitrogens with one attached hydrogen (secondary N) is 1. The molecule has 0 radical (unpaired) electrons. The maximum Gasteiger partial charge on any atom is 0.306 e. The van der Waals surface area contributed by atoms with E-state index in [-0.39, 0.29) is 18.1 Å². The molecule has 0 aliphatic carbocycles. The quantitative estimate of drug-likeness (QED) is 0.606. The van der Waals surface area contributed by atoms with E-state index in [0.29, 0.717) is 17.9 Å². The molecule has 0 aliphatic heterocycles. The van der Waals surface area contributed by atoms with E-state index in [2.05, 4.69) is 20.4 Å². The normalized spacial score (nSPS) is 12.0. The van der Waals surface area contributed by atoms with Crippen LogP contribution in [0, 0.1) is 19.7 Å². The van der Waals surface area contributed by atoms with Gasteiger partial charge < -0.3 is 15.8 Å². The van der Waals surface area contributed by atoms with E-state index in [4.69, 9.17) is 10.5 Å². The Hall–Kier alpha value is -3.56. The van der Waals surface area contributed by atoms with Crippen LogP contribution in [0.25, 0.3) is 5.78 Å². The minimum Gasteiger partial charge on any atom is -0.453 e. The maximum absolute atomic E-state index is 13.6. The Morgan fingerprint density at radius 2 is 2.00 bits per heavy atom. The first-order valence-electron chi connectivity index (χ1n) is 8.99. The van der Waals surface area contributed by atoms with Crippen LogP contribution < -0.4 is 11.1 Å². The molecule has 29 heavy (non-hydrogen) atoms. The fourth-order valence-corrected chi connectivity index (χ4v) is 2.92. The van der Waals surface area contributed by atoms with Gasteiger partial charge in [-0.25, -0.2) is 9.37 Å². The highest BCUT2D eigenvalue weighted by Crippen LogP contribution is 2.17. The number of anilines is 2. The SMILES string of the molecule is Cc1nc2nc(N)nn2c(C)c1CCC(=O)OC(C)C(=O)Nc1ccccc1F. The van der Waals surface area contributed by atoms with Crippen molar-refractivity contribution < 1.29 is 18.7 Å². The van der Waals surface area contributed by atoms with Crippen molar-refractivity contribution in [3.8, 4) is 0 Å². The first-order valence-corrected chi connectivity index (χ1v) is 8.99. The van der Waals surface area contributed by atoms with Gasteiger partial charge in [0.1, 0.15) is 5.82 Å². The number of fused-ring (bicyclic) bond motifs is 1. The predicted molar refractivity (Wildman–Crippen MR) is 104 cm³/mol. The average Bonchev–Trinajstić information content (AvgIpc) is 3.03. The van der Waals surface area contributed by atoms with Gasteiger partial charge in [-0.1, -0.05) is 12.1 Å². The molecule has 3 aromatic rings. The van der Waals surface area contributed by atoms with Crippen LogP contribution in [0.5, 0.6) is 0 Å². The Balaban J connectivity index is 1.60. The summed E-state index contributed by atoms with van der Waals surface area (Å²) in [6, 6.07) is 5.75. The number of benzene rings is 1. The molecule has 2 heterocycles.